The van der Waals surface area contributed by atoms with E-state index < -0.39 is 11.9 Å². The van der Waals surface area contributed by atoms with E-state index in [1.807, 2.05) is 6.07 Å². The van der Waals surface area contributed by atoms with Crippen molar-refractivity contribution in [3.8, 4) is 29.1 Å². The zero-order chi connectivity index (χ0) is 37.3. The highest BCUT2D eigenvalue weighted by Crippen LogP contribution is 2.33. The van der Waals surface area contributed by atoms with Crippen LogP contribution in [0.2, 0.25) is 0 Å². The number of allylic oxidation sites excluding steroid dienone is 1. The van der Waals surface area contributed by atoms with Gasteiger partial charge in [-0.15, -0.1) is 0 Å². The van der Waals surface area contributed by atoms with Crippen LogP contribution in [0.3, 0.4) is 0 Å². The SMILES string of the molecule is C.C.COc1cc(C=C(C#N)C(C)=O)ccc1O.C[C@@H]1CO[C@H]2[C@@H]1OC[C@@H]2C.O=C(O)c1ccc(OCCOCCOc2ccc(C(=O)O)cc2)cc1.[BH]. The first-order valence-corrected chi connectivity index (χ1v) is 16.2. The maximum Gasteiger partial charge on any atom is 0.335 e. The van der Waals surface area contributed by atoms with Crippen molar-refractivity contribution >= 4 is 32.2 Å². The van der Waals surface area contributed by atoms with E-state index in [4.69, 9.17) is 43.9 Å². The van der Waals surface area contributed by atoms with E-state index in [9.17, 15) is 19.5 Å². The van der Waals surface area contributed by atoms with Crippen LogP contribution in [0.4, 0.5) is 0 Å². The van der Waals surface area contributed by atoms with Crippen LogP contribution in [0.25, 0.3) is 6.08 Å². The van der Waals surface area contributed by atoms with Gasteiger partial charge >= 0.3 is 11.9 Å². The number of benzene rings is 3. The highest BCUT2D eigenvalue weighted by Gasteiger charge is 2.43. The van der Waals surface area contributed by atoms with E-state index in [2.05, 4.69) is 13.8 Å². The van der Waals surface area contributed by atoms with Crippen LogP contribution in [0.1, 0.15) is 61.9 Å². The average Bonchev–Trinajstić information content (AvgIpc) is 3.69. The molecule has 0 unspecified atom stereocenters. The second-order valence-electron chi connectivity index (χ2n) is 11.7. The number of carbonyl (C=O) groups excluding carboxylic acids is 1. The van der Waals surface area contributed by atoms with Gasteiger partial charge in [-0.05, 0) is 79.2 Å². The molecule has 0 aliphatic carbocycles. The first kappa shape index (κ1) is 48.6. The summed E-state index contributed by atoms with van der Waals surface area (Å²) in [7, 11) is 1.43. The number of aromatic hydroxyl groups is 1. The summed E-state index contributed by atoms with van der Waals surface area (Å²) in [6.07, 6.45) is 2.24. The highest BCUT2D eigenvalue weighted by atomic mass is 16.6. The molecular weight excluding hydrogens is 697 g/mol. The first-order chi connectivity index (χ1) is 24.4. The van der Waals surface area contributed by atoms with Gasteiger partial charge in [-0.1, -0.05) is 34.8 Å². The van der Waals surface area contributed by atoms with Crippen LogP contribution < -0.4 is 14.2 Å². The number of hydrogen-bond acceptors (Lipinski definition) is 11. The number of phenols is 1. The molecule has 0 spiro atoms. The number of fused-ring (bicyclic) bond motifs is 1. The zero-order valence-corrected chi connectivity index (χ0v) is 29.7. The monoisotopic (exact) mass is 749 g/mol. The van der Waals surface area contributed by atoms with E-state index in [-0.39, 0.29) is 51.5 Å². The third-order valence-corrected chi connectivity index (χ3v) is 7.76. The number of aromatic carboxylic acids is 2. The number of ether oxygens (including phenoxy) is 6. The third kappa shape index (κ3) is 15.3. The topological polar surface area (TPSA) is 191 Å². The van der Waals surface area contributed by atoms with Crippen LogP contribution in [0.5, 0.6) is 23.0 Å². The van der Waals surface area contributed by atoms with Crippen LogP contribution in [-0.2, 0) is 19.0 Å². The molecule has 2 heterocycles. The normalized spacial score (nSPS) is 17.8. The fourth-order valence-corrected chi connectivity index (χ4v) is 4.97. The summed E-state index contributed by atoms with van der Waals surface area (Å²) in [6.45, 7) is 8.89. The van der Waals surface area contributed by atoms with Gasteiger partial charge in [0.2, 0.25) is 0 Å². The van der Waals surface area contributed by atoms with Crippen molar-refractivity contribution < 1.29 is 58.1 Å². The van der Waals surface area contributed by atoms with E-state index in [0.29, 0.717) is 73.3 Å². The molecule has 54 heavy (non-hydrogen) atoms. The van der Waals surface area contributed by atoms with Crippen molar-refractivity contribution in [2.75, 3.05) is 46.8 Å². The molecule has 0 bridgehead atoms. The summed E-state index contributed by atoms with van der Waals surface area (Å²) < 4.78 is 32.3. The van der Waals surface area contributed by atoms with Gasteiger partial charge in [0, 0.05) is 20.2 Å². The zero-order valence-electron chi connectivity index (χ0n) is 29.7. The fraction of sp³-hybridized carbons (Fsp3) is 0.400. The maximum atomic E-state index is 11.0. The molecule has 3 aromatic rings. The Balaban J connectivity index is 0.000000831. The quantitative estimate of drug-likeness (QED) is 0.0783. The summed E-state index contributed by atoms with van der Waals surface area (Å²) >= 11 is 0. The molecule has 0 aromatic heterocycles. The van der Waals surface area contributed by atoms with E-state index >= 15 is 0 Å². The summed E-state index contributed by atoms with van der Waals surface area (Å²) in [5.74, 6) is 0.418. The van der Waals surface area contributed by atoms with Crippen molar-refractivity contribution in [1.29, 1.82) is 5.26 Å². The van der Waals surface area contributed by atoms with Crippen molar-refractivity contribution in [1.82, 2.24) is 0 Å². The number of hydrogen-bond donors (Lipinski definition) is 3. The summed E-state index contributed by atoms with van der Waals surface area (Å²) in [4.78, 5) is 32.5. The molecule has 0 amide bonds. The molecule has 2 saturated heterocycles. The molecule has 3 aromatic carbocycles. The van der Waals surface area contributed by atoms with Crippen LogP contribution in [0.15, 0.2) is 72.3 Å². The predicted octanol–water partition coefficient (Wildman–Crippen LogP) is 6.13. The van der Waals surface area contributed by atoms with E-state index in [1.54, 1.807) is 36.4 Å². The van der Waals surface area contributed by atoms with E-state index in [1.165, 1.54) is 50.4 Å². The van der Waals surface area contributed by atoms with Crippen molar-refractivity contribution in [3.05, 3.63) is 89.0 Å². The number of rotatable bonds is 13. The number of nitrogens with zero attached hydrogens (tertiary/aromatic N) is 1. The number of nitriles is 1. The standard InChI is InChI=1S/C18H18O7.C12H11NO3.C8H14O2.2CH4.BH/c19-17(20)13-1-5-15(6-2-13)24-11-9-23-10-12-25-16-7-3-14(4-8-16)18(21)22;1-8(14)10(7-13)5-9-3-4-11(15)12(6-9)16-2;1-5-3-9-8-6(2)4-10-7(5)8;;;/h1-8H,9-12H2,(H,19,20)(H,21,22);3-6,15H,1-2H3;5-8H,3-4H2,1-2H3;2*1H4;1H/t;;5-,6+,7-,8-;;;/m..1.../s1. The number of carboxylic acid groups (broad SMARTS) is 2. The van der Waals surface area contributed by atoms with Crippen molar-refractivity contribution in [3.63, 3.8) is 0 Å². The van der Waals surface area contributed by atoms with Crippen molar-refractivity contribution in [2.24, 2.45) is 11.8 Å². The highest BCUT2D eigenvalue weighted by molar-refractivity contribution is 6.01. The first-order valence-electron chi connectivity index (χ1n) is 16.2. The number of carboxylic acids is 2. The molecule has 2 aliphatic rings. The minimum Gasteiger partial charge on any atom is -0.504 e. The molecular formula is C40H52BNO12. The minimum atomic E-state index is -0.979. The van der Waals surface area contributed by atoms with Gasteiger partial charge in [-0.2, -0.15) is 5.26 Å². The van der Waals surface area contributed by atoms with Crippen LogP contribution in [-0.4, -0.2) is 100 Å². The van der Waals surface area contributed by atoms with E-state index in [0.717, 1.165) is 13.2 Å². The van der Waals surface area contributed by atoms with Gasteiger partial charge in [-0.25, -0.2) is 9.59 Å². The molecule has 13 nitrogen and oxygen atoms in total. The number of phenolic OH excluding ortho intramolecular Hbond substituents is 1. The summed E-state index contributed by atoms with van der Waals surface area (Å²) in [5.41, 5.74) is 1.10. The molecule has 0 saturated carbocycles. The average molecular weight is 750 g/mol. The smallest absolute Gasteiger partial charge is 0.335 e. The van der Waals surface area contributed by atoms with Crippen LogP contribution in [0, 0.1) is 23.2 Å². The number of carbonyl (C=O) groups is 3. The second kappa shape index (κ2) is 24.8. The molecule has 4 atom stereocenters. The van der Waals surface area contributed by atoms with Gasteiger partial charge in [0.1, 0.15) is 30.8 Å². The summed E-state index contributed by atoms with van der Waals surface area (Å²) in [6, 6.07) is 18.7. The largest absolute Gasteiger partial charge is 0.504 e. The van der Waals surface area contributed by atoms with Gasteiger partial charge < -0.3 is 43.7 Å². The van der Waals surface area contributed by atoms with Gasteiger partial charge in [0.15, 0.2) is 17.3 Å². The second-order valence-corrected chi connectivity index (χ2v) is 11.7. The molecule has 2 fully saturated rings. The van der Waals surface area contributed by atoms with Crippen molar-refractivity contribution in [2.45, 2.75) is 47.8 Å². The Kier molecular flexibility index (Phi) is 22.3. The number of ketones is 1. The Morgan fingerprint density at radius 2 is 1.24 bits per heavy atom. The molecule has 2 aliphatic heterocycles. The fourth-order valence-electron chi connectivity index (χ4n) is 4.97. The molecule has 3 N–H and O–H groups in total. The molecule has 5 rings (SSSR count). The Morgan fingerprint density at radius 1 is 0.796 bits per heavy atom. The van der Waals surface area contributed by atoms with Gasteiger partial charge in [0.25, 0.3) is 0 Å². The Morgan fingerprint density at radius 3 is 1.61 bits per heavy atom. The van der Waals surface area contributed by atoms with Gasteiger partial charge in [-0.3, -0.25) is 4.79 Å². The Bertz CT molecular complexity index is 1590. The predicted molar refractivity (Wildman–Crippen MR) is 206 cm³/mol. The minimum absolute atomic E-state index is 0. The lowest BCUT2D eigenvalue weighted by Gasteiger charge is -2.10. The Labute approximate surface area is 319 Å². The lowest BCUT2D eigenvalue weighted by Crippen LogP contribution is -2.23. The molecule has 14 heteroatoms. The number of Topliss-reactive ketones (excluding diaryl/α,β-unsaturated/α-hetero) is 1. The maximum absolute atomic E-state index is 11.0. The number of methoxy groups -OCH3 is 1. The Hall–Kier alpha value is -5.36. The molecule has 292 valence electrons. The third-order valence-electron chi connectivity index (χ3n) is 7.76. The lowest BCUT2D eigenvalue weighted by atomic mass is 9.99. The van der Waals surface area contributed by atoms with Crippen LogP contribution >= 0.6 is 0 Å². The lowest BCUT2D eigenvalue weighted by molar-refractivity contribution is -0.113. The summed E-state index contributed by atoms with van der Waals surface area (Å²) in [5, 5.41) is 35.7. The molecule has 2 radical (unpaired) electrons. The van der Waals surface area contributed by atoms with Gasteiger partial charge in [0.05, 0.1) is 62.4 Å².